The molecule has 1 atom stereocenters. The van der Waals surface area contributed by atoms with Crippen LogP contribution in [-0.2, 0) is 17.5 Å². The van der Waals surface area contributed by atoms with Crippen molar-refractivity contribution in [1.82, 2.24) is 0 Å². The summed E-state index contributed by atoms with van der Waals surface area (Å²) in [5.41, 5.74) is 0.150. The predicted molar refractivity (Wildman–Crippen MR) is 81.9 cm³/mol. The molecule has 0 aromatic heterocycles. The van der Waals surface area contributed by atoms with Crippen molar-refractivity contribution in [3.05, 3.63) is 65.5 Å². The summed E-state index contributed by atoms with van der Waals surface area (Å²) in [5.74, 6) is -0.729. The molecule has 0 aliphatic carbocycles. The molecule has 0 heterocycles. The number of nitrogens with one attached hydrogen (secondary N) is 2. The summed E-state index contributed by atoms with van der Waals surface area (Å²) in [4.78, 5) is 12.8. The molecule has 1 amide bonds. The normalized spacial score (nSPS) is 12.7. The van der Waals surface area contributed by atoms with Gasteiger partial charge >= 0.3 is 6.18 Å². The highest BCUT2D eigenvalue weighted by atomic mass is 19.4. The van der Waals surface area contributed by atoms with Gasteiger partial charge in [0.25, 0.3) is 5.91 Å². The zero-order chi connectivity index (χ0) is 17.7. The van der Waals surface area contributed by atoms with Gasteiger partial charge in [-0.3, -0.25) is 4.79 Å². The average molecular weight is 341 g/mol. The quantitative estimate of drug-likeness (QED) is 0.805. The zero-order valence-electron chi connectivity index (χ0n) is 13.0. The van der Waals surface area contributed by atoms with E-state index >= 15 is 0 Å². The number of halogens is 4. The molecule has 24 heavy (non-hydrogen) atoms. The van der Waals surface area contributed by atoms with Crippen molar-refractivity contribution in [2.75, 3.05) is 18.9 Å². The van der Waals surface area contributed by atoms with Crippen LogP contribution in [0.15, 0.2) is 48.5 Å². The third-order valence-electron chi connectivity index (χ3n) is 3.36. The molecule has 0 saturated carbocycles. The summed E-state index contributed by atoms with van der Waals surface area (Å²) in [6.45, 7) is 0.573. The molecule has 2 N–H and O–H groups in total. The molecule has 0 aliphatic rings. The molecule has 7 heteroatoms. The summed E-state index contributed by atoms with van der Waals surface area (Å²) >= 11 is 0. The van der Waals surface area contributed by atoms with Crippen molar-refractivity contribution in [2.45, 2.75) is 12.7 Å². The Bertz CT molecular complexity index is 698. The standard InChI is InChI=1S/C17H16F4N2O/c1-23(10-12-5-7-14(18)8-6-12)11-16(24)22-15-4-2-3-13(9-15)17(19,20)21/h2-9H,10-11H2,1H3,(H,22,24)/p+1. The van der Waals surface area contributed by atoms with Crippen molar-refractivity contribution in [3.63, 3.8) is 0 Å². The van der Waals surface area contributed by atoms with E-state index in [1.807, 2.05) is 0 Å². The molecule has 2 aromatic carbocycles. The van der Waals surface area contributed by atoms with Crippen molar-refractivity contribution in [1.29, 1.82) is 0 Å². The van der Waals surface area contributed by atoms with Gasteiger partial charge in [0, 0.05) is 11.3 Å². The van der Waals surface area contributed by atoms with Crippen molar-refractivity contribution >= 4 is 11.6 Å². The van der Waals surface area contributed by atoms with Gasteiger partial charge in [0.15, 0.2) is 6.54 Å². The SMILES string of the molecule is C[NH+](CC(=O)Nc1cccc(C(F)(F)F)c1)Cc1ccc(F)cc1. The Hall–Kier alpha value is -2.41. The number of alkyl halides is 3. The Balaban J connectivity index is 1.92. The van der Waals surface area contributed by atoms with Gasteiger partial charge in [0.1, 0.15) is 12.4 Å². The molecule has 0 aliphatic heterocycles. The van der Waals surface area contributed by atoms with Gasteiger partial charge in [-0.05, 0) is 30.3 Å². The van der Waals surface area contributed by atoms with E-state index in [2.05, 4.69) is 5.32 Å². The Morgan fingerprint density at radius 1 is 1.12 bits per heavy atom. The molecule has 3 nitrogen and oxygen atoms in total. The van der Waals surface area contributed by atoms with Crippen LogP contribution in [0.5, 0.6) is 0 Å². The summed E-state index contributed by atoms with van der Waals surface area (Å²) < 4.78 is 50.8. The number of rotatable bonds is 5. The van der Waals surface area contributed by atoms with Crippen LogP contribution in [-0.4, -0.2) is 19.5 Å². The van der Waals surface area contributed by atoms with Gasteiger partial charge in [0.05, 0.1) is 12.6 Å². The number of benzene rings is 2. The largest absolute Gasteiger partial charge is 0.416 e. The number of carbonyl (C=O) groups is 1. The van der Waals surface area contributed by atoms with E-state index in [1.165, 1.54) is 24.3 Å². The summed E-state index contributed by atoms with van der Waals surface area (Å²) in [5, 5.41) is 2.46. The molecule has 2 rings (SSSR count). The van der Waals surface area contributed by atoms with E-state index in [0.29, 0.717) is 6.54 Å². The van der Waals surface area contributed by atoms with Crippen LogP contribution < -0.4 is 10.2 Å². The summed E-state index contributed by atoms with van der Waals surface area (Å²) in [6, 6.07) is 10.4. The maximum absolute atomic E-state index is 12.8. The molecule has 128 valence electrons. The van der Waals surface area contributed by atoms with Gasteiger partial charge < -0.3 is 10.2 Å². The first-order valence-electron chi connectivity index (χ1n) is 7.27. The predicted octanol–water partition coefficient (Wildman–Crippen LogP) is 2.50. The van der Waals surface area contributed by atoms with Crippen LogP contribution in [0.4, 0.5) is 23.2 Å². The van der Waals surface area contributed by atoms with E-state index in [1.54, 1.807) is 19.2 Å². The van der Waals surface area contributed by atoms with Crippen molar-refractivity contribution in [3.8, 4) is 0 Å². The van der Waals surface area contributed by atoms with Crippen LogP contribution in [0.1, 0.15) is 11.1 Å². The monoisotopic (exact) mass is 341 g/mol. The highest BCUT2D eigenvalue weighted by molar-refractivity contribution is 5.91. The second kappa shape index (κ2) is 7.44. The Morgan fingerprint density at radius 3 is 2.42 bits per heavy atom. The van der Waals surface area contributed by atoms with Crippen LogP contribution in [0, 0.1) is 5.82 Å². The first kappa shape index (κ1) is 17.9. The van der Waals surface area contributed by atoms with E-state index in [-0.39, 0.29) is 18.0 Å². The lowest BCUT2D eigenvalue weighted by Gasteiger charge is -2.14. The third-order valence-corrected chi connectivity index (χ3v) is 3.36. The van der Waals surface area contributed by atoms with Crippen molar-refractivity contribution < 1.29 is 27.3 Å². The first-order chi connectivity index (χ1) is 11.2. The maximum atomic E-state index is 12.8. The molecular formula is C17H17F4N2O+. The summed E-state index contributed by atoms with van der Waals surface area (Å²) in [6.07, 6.45) is -4.45. The average Bonchev–Trinajstić information content (AvgIpc) is 2.49. The molecule has 0 saturated heterocycles. The molecule has 0 fully saturated rings. The minimum absolute atomic E-state index is 0.0770. The molecule has 2 aromatic rings. The number of hydrogen-bond donors (Lipinski definition) is 2. The maximum Gasteiger partial charge on any atom is 0.416 e. The lowest BCUT2D eigenvalue weighted by atomic mass is 10.2. The van der Waals surface area contributed by atoms with Gasteiger partial charge in [-0.15, -0.1) is 0 Å². The van der Waals surface area contributed by atoms with Crippen LogP contribution in [0.3, 0.4) is 0 Å². The van der Waals surface area contributed by atoms with E-state index in [0.717, 1.165) is 22.6 Å². The minimum Gasteiger partial charge on any atom is -0.326 e. The fourth-order valence-corrected chi connectivity index (χ4v) is 2.27. The van der Waals surface area contributed by atoms with Gasteiger partial charge in [-0.2, -0.15) is 13.2 Å². The number of anilines is 1. The van der Waals surface area contributed by atoms with E-state index in [4.69, 9.17) is 0 Å². The van der Waals surface area contributed by atoms with E-state index in [9.17, 15) is 22.4 Å². The van der Waals surface area contributed by atoms with Gasteiger partial charge in [-0.1, -0.05) is 18.2 Å². The summed E-state index contributed by atoms with van der Waals surface area (Å²) in [7, 11) is 1.77. The molecule has 0 radical (unpaired) electrons. The fraction of sp³-hybridized carbons (Fsp3) is 0.235. The second-order valence-corrected chi connectivity index (χ2v) is 5.56. The lowest BCUT2D eigenvalue weighted by Crippen LogP contribution is -3.08. The molecular weight excluding hydrogens is 324 g/mol. The van der Waals surface area contributed by atoms with Gasteiger partial charge in [-0.25, -0.2) is 4.39 Å². The molecule has 0 spiro atoms. The van der Waals surface area contributed by atoms with Gasteiger partial charge in [0.2, 0.25) is 0 Å². The van der Waals surface area contributed by atoms with Crippen molar-refractivity contribution in [2.24, 2.45) is 0 Å². The smallest absolute Gasteiger partial charge is 0.326 e. The number of carbonyl (C=O) groups excluding carboxylic acids is 1. The number of quaternary nitrogens is 1. The second-order valence-electron chi connectivity index (χ2n) is 5.56. The first-order valence-corrected chi connectivity index (χ1v) is 7.27. The topological polar surface area (TPSA) is 33.5 Å². The Morgan fingerprint density at radius 2 is 1.79 bits per heavy atom. The van der Waals surface area contributed by atoms with Crippen LogP contribution in [0.25, 0.3) is 0 Å². The number of likely N-dealkylation sites (N-methyl/N-ethyl adjacent to an activating group) is 1. The number of hydrogen-bond acceptors (Lipinski definition) is 1. The van der Waals surface area contributed by atoms with Crippen LogP contribution >= 0.6 is 0 Å². The molecule has 0 bridgehead atoms. The Kier molecular flexibility index (Phi) is 5.56. The Labute approximate surface area is 136 Å². The minimum atomic E-state index is -4.45. The highest BCUT2D eigenvalue weighted by Crippen LogP contribution is 2.30. The number of amides is 1. The lowest BCUT2D eigenvalue weighted by molar-refractivity contribution is -0.885. The molecule has 1 unspecified atom stereocenters. The third kappa shape index (κ3) is 5.34. The fourth-order valence-electron chi connectivity index (χ4n) is 2.27. The van der Waals surface area contributed by atoms with Crippen LogP contribution in [0.2, 0.25) is 0 Å². The zero-order valence-corrected chi connectivity index (χ0v) is 13.0. The highest BCUT2D eigenvalue weighted by Gasteiger charge is 2.30. The van der Waals surface area contributed by atoms with E-state index < -0.39 is 17.6 Å².